The van der Waals surface area contributed by atoms with Crippen LogP contribution in [0.25, 0.3) is 0 Å². The smallest absolute Gasteiger partial charge is 0.251 e. The SMILES string of the molecule is CCCOc1ccc(C(C)NC(=O)c2ccc(OCc3ccncc3)c(OCC)c2)cc1OC. The number of ether oxygens (including phenoxy) is 4. The van der Waals surface area contributed by atoms with Crippen LogP contribution in [-0.4, -0.2) is 31.2 Å². The van der Waals surface area contributed by atoms with Gasteiger partial charge in [-0.2, -0.15) is 0 Å². The highest BCUT2D eigenvalue weighted by molar-refractivity contribution is 5.95. The predicted molar refractivity (Wildman–Crippen MR) is 131 cm³/mol. The van der Waals surface area contributed by atoms with Crippen molar-refractivity contribution in [1.29, 1.82) is 0 Å². The number of rotatable bonds is 12. The molecule has 3 aromatic rings. The molecule has 180 valence electrons. The minimum Gasteiger partial charge on any atom is -0.493 e. The second-order valence-corrected chi connectivity index (χ2v) is 7.69. The monoisotopic (exact) mass is 464 g/mol. The van der Waals surface area contributed by atoms with Gasteiger partial charge in [0, 0.05) is 18.0 Å². The van der Waals surface area contributed by atoms with Crippen LogP contribution in [0.15, 0.2) is 60.9 Å². The highest BCUT2D eigenvalue weighted by Gasteiger charge is 2.16. The molecule has 7 heteroatoms. The maximum Gasteiger partial charge on any atom is 0.251 e. The van der Waals surface area contributed by atoms with Crippen molar-refractivity contribution in [1.82, 2.24) is 10.3 Å². The Labute approximate surface area is 201 Å². The number of amides is 1. The maximum atomic E-state index is 13.0. The minimum absolute atomic E-state index is 0.209. The zero-order valence-corrected chi connectivity index (χ0v) is 20.2. The van der Waals surface area contributed by atoms with Crippen LogP contribution in [-0.2, 0) is 6.61 Å². The Morgan fingerprint density at radius 2 is 1.65 bits per heavy atom. The Bertz CT molecular complexity index is 1070. The lowest BCUT2D eigenvalue weighted by molar-refractivity contribution is 0.0939. The number of benzene rings is 2. The van der Waals surface area contributed by atoms with Gasteiger partial charge in [0.2, 0.25) is 0 Å². The van der Waals surface area contributed by atoms with Crippen LogP contribution < -0.4 is 24.3 Å². The fourth-order valence-electron chi connectivity index (χ4n) is 3.33. The average Bonchev–Trinajstić information content (AvgIpc) is 2.87. The second-order valence-electron chi connectivity index (χ2n) is 7.69. The van der Waals surface area contributed by atoms with Crippen molar-refractivity contribution in [2.75, 3.05) is 20.3 Å². The zero-order valence-electron chi connectivity index (χ0n) is 20.2. The summed E-state index contributed by atoms with van der Waals surface area (Å²) >= 11 is 0. The molecule has 3 rings (SSSR count). The first-order valence-electron chi connectivity index (χ1n) is 11.5. The van der Waals surface area contributed by atoms with E-state index in [4.69, 9.17) is 18.9 Å². The molecule has 1 amide bonds. The van der Waals surface area contributed by atoms with Crippen LogP contribution in [0.1, 0.15) is 54.7 Å². The molecule has 0 fully saturated rings. The van der Waals surface area contributed by atoms with Crippen LogP contribution in [0.3, 0.4) is 0 Å². The van der Waals surface area contributed by atoms with Crippen molar-refractivity contribution in [3.05, 3.63) is 77.6 Å². The number of nitrogens with zero attached hydrogens (tertiary/aromatic N) is 1. The van der Waals surface area contributed by atoms with Crippen molar-refractivity contribution in [3.63, 3.8) is 0 Å². The quantitative estimate of drug-likeness (QED) is 0.389. The molecule has 0 radical (unpaired) electrons. The van der Waals surface area contributed by atoms with Gasteiger partial charge in [0.25, 0.3) is 5.91 Å². The molecule has 0 aliphatic rings. The maximum absolute atomic E-state index is 13.0. The zero-order chi connectivity index (χ0) is 24.3. The lowest BCUT2D eigenvalue weighted by Crippen LogP contribution is -2.26. The molecule has 1 aromatic heterocycles. The van der Waals surface area contributed by atoms with Crippen molar-refractivity contribution < 1.29 is 23.7 Å². The molecule has 2 aromatic carbocycles. The third-order valence-electron chi connectivity index (χ3n) is 5.15. The summed E-state index contributed by atoms with van der Waals surface area (Å²) in [5.41, 5.74) is 2.40. The Kier molecular flexibility index (Phi) is 9.14. The largest absolute Gasteiger partial charge is 0.493 e. The first-order chi connectivity index (χ1) is 16.5. The Hall–Kier alpha value is -3.74. The Morgan fingerprint density at radius 1 is 0.912 bits per heavy atom. The van der Waals surface area contributed by atoms with E-state index in [2.05, 4.69) is 17.2 Å². The topological polar surface area (TPSA) is 78.9 Å². The number of nitrogens with one attached hydrogen (secondary N) is 1. The van der Waals surface area contributed by atoms with Gasteiger partial charge in [0.1, 0.15) is 6.61 Å². The normalized spacial score (nSPS) is 11.4. The fraction of sp³-hybridized carbons (Fsp3) is 0.333. The van der Waals surface area contributed by atoms with Crippen LogP contribution in [0, 0.1) is 0 Å². The fourth-order valence-corrected chi connectivity index (χ4v) is 3.33. The molecular formula is C27H32N2O5. The summed E-state index contributed by atoms with van der Waals surface area (Å²) in [6.45, 7) is 7.32. The summed E-state index contributed by atoms with van der Waals surface area (Å²) in [6, 6.07) is 14.4. The molecule has 0 aliphatic carbocycles. The third-order valence-corrected chi connectivity index (χ3v) is 5.15. The van der Waals surface area contributed by atoms with E-state index in [9.17, 15) is 4.79 Å². The Morgan fingerprint density at radius 3 is 2.35 bits per heavy atom. The second kappa shape index (κ2) is 12.5. The van der Waals surface area contributed by atoms with Crippen molar-refractivity contribution in [3.8, 4) is 23.0 Å². The lowest BCUT2D eigenvalue weighted by atomic mass is 10.1. The van der Waals surface area contributed by atoms with E-state index in [0.717, 1.165) is 17.5 Å². The number of carbonyl (C=O) groups excluding carboxylic acids is 1. The van der Waals surface area contributed by atoms with E-state index in [1.807, 2.05) is 44.2 Å². The van der Waals surface area contributed by atoms with E-state index in [0.29, 0.717) is 48.4 Å². The summed E-state index contributed by atoms with van der Waals surface area (Å²) in [5, 5.41) is 3.03. The highest BCUT2D eigenvalue weighted by atomic mass is 16.5. The van der Waals surface area contributed by atoms with Crippen LogP contribution in [0.2, 0.25) is 0 Å². The van der Waals surface area contributed by atoms with E-state index >= 15 is 0 Å². The number of hydrogen-bond donors (Lipinski definition) is 1. The standard InChI is InChI=1S/C27H32N2O5/c1-5-15-33-23-9-7-21(16-25(23)31-4)19(3)29-27(30)22-8-10-24(26(17-22)32-6-2)34-18-20-11-13-28-14-12-20/h7-14,16-17,19H,5-6,15,18H2,1-4H3,(H,29,30). The molecule has 1 atom stereocenters. The summed E-state index contributed by atoms with van der Waals surface area (Å²) in [7, 11) is 1.61. The Balaban J connectivity index is 1.70. The lowest BCUT2D eigenvalue weighted by Gasteiger charge is -2.18. The summed E-state index contributed by atoms with van der Waals surface area (Å²) in [6.07, 6.45) is 4.35. The molecule has 1 N–H and O–H groups in total. The number of pyridine rings is 1. The van der Waals surface area contributed by atoms with Crippen LogP contribution in [0.4, 0.5) is 0 Å². The molecule has 0 aliphatic heterocycles. The van der Waals surface area contributed by atoms with Gasteiger partial charge in [0.05, 0.1) is 26.4 Å². The first-order valence-corrected chi connectivity index (χ1v) is 11.5. The molecule has 0 saturated carbocycles. The van der Waals surface area contributed by atoms with Gasteiger partial charge in [-0.05, 0) is 73.9 Å². The number of methoxy groups -OCH3 is 1. The minimum atomic E-state index is -0.236. The predicted octanol–water partition coefficient (Wildman–Crippen LogP) is 5.35. The average molecular weight is 465 g/mol. The number of aromatic nitrogens is 1. The van der Waals surface area contributed by atoms with Gasteiger partial charge >= 0.3 is 0 Å². The van der Waals surface area contributed by atoms with Crippen molar-refractivity contribution in [2.45, 2.75) is 39.8 Å². The van der Waals surface area contributed by atoms with E-state index < -0.39 is 0 Å². The van der Waals surface area contributed by atoms with Gasteiger partial charge in [-0.25, -0.2) is 0 Å². The van der Waals surface area contributed by atoms with Gasteiger partial charge < -0.3 is 24.3 Å². The molecule has 0 bridgehead atoms. The van der Waals surface area contributed by atoms with Gasteiger partial charge in [-0.15, -0.1) is 0 Å². The molecular weight excluding hydrogens is 432 g/mol. The number of hydrogen-bond acceptors (Lipinski definition) is 6. The van der Waals surface area contributed by atoms with Crippen molar-refractivity contribution >= 4 is 5.91 Å². The number of carbonyl (C=O) groups is 1. The van der Waals surface area contributed by atoms with Gasteiger partial charge in [-0.1, -0.05) is 13.0 Å². The van der Waals surface area contributed by atoms with Gasteiger partial charge in [-0.3, -0.25) is 9.78 Å². The molecule has 7 nitrogen and oxygen atoms in total. The third kappa shape index (κ3) is 6.63. The van der Waals surface area contributed by atoms with E-state index in [1.165, 1.54) is 0 Å². The molecule has 1 heterocycles. The van der Waals surface area contributed by atoms with E-state index in [1.54, 1.807) is 37.7 Å². The van der Waals surface area contributed by atoms with Gasteiger partial charge in [0.15, 0.2) is 23.0 Å². The summed E-state index contributed by atoms with van der Waals surface area (Å²) in [4.78, 5) is 17.0. The van der Waals surface area contributed by atoms with Crippen LogP contribution in [0.5, 0.6) is 23.0 Å². The molecule has 0 saturated heterocycles. The summed E-state index contributed by atoms with van der Waals surface area (Å²) in [5.74, 6) is 2.22. The first kappa shape index (κ1) is 24.9. The van der Waals surface area contributed by atoms with Crippen LogP contribution >= 0.6 is 0 Å². The molecule has 0 spiro atoms. The summed E-state index contributed by atoms with van der Waals surface area (Å²) < 4.78 is 22.8. The molecule has 1 unspecified atom stereocenters. The molecule has 34 heavy (non-hydrogen) atoms. The highest BCUT2D eigenvalue weighted by Crippen LogP contribution is 2.32. The van der Waals surface area contributed by atoms with Crippen molar-refractivity contribution in [2.24, 2.45) is 0 Å². The van der Waals surface area contributed by atoms with E-state index in [-0.39, 0.29) is 11.9 Å².